The van der Waals surface area contributed by atoms with Crippen molar-refractivity contribution >= 4 is 11.7 Å². The lowest BCUT2D eigenvalue weighted by Crippen LogP contribution is -2.32. The number of aryl methyl sites for hydroxylation is 1. The zero-order chi connectivity index (χ0) is 22.9. The maximum atomic E-state index is 13.0. The fourth-order valence-electron chi connectivity index (χ4n) is 3.53. The second kappa shape index (κ2) is 8.56. The van der Waals surface area contributed by atoms with Crippen LogP contribution in [0.5, 0.6) is 0 Å². The van der Waals surface area contributed by atoms with E-state index >= 15 is 0 Å². The lowest BCUT2D eigenvalue weighted by molar-refractivity contribution is -0.159. The highest BCUT2D eigenvalue weighted by molar-refractivity contribution is 5.79. The van der Waals surface area contributed by atoms with Crippen LogP contribution in [0.2, 0.25) is 0 Å². The number of aromatic nitrogens is 3. The van der Waals surface area contributed by atoms with Crippen molar-refractivity contribution in [3.8, 4) is 11.4 Å². The van der Waals surface area contributed by atoms with Crippen molar-refractivity contribution in [1.29, 1.82) is 0 Å². The van der Waals surface area contributed by atoms with Crippen LogP contribution in [0.25, 0.3) is 11.4 Å². The molecule has 7 nitrogen and oxygen atoms in total. The van der Waals surface area contributed by atoms with E-state index in [1.54, 1.807) is 36.1 Å². The third-order valence-corrected chi connectivity index (χ3v) is 5.16. The first-order chi connectivity index (χ1) is 15.2. The highest BCUT2D eigenvalue weighted by atomic mass is 19.4. The van der Waals surface area contributed by atoms with E-state index in [1.807, 2.05) is 0 Å². The summed E-state index contributed by atoms with van der Waals surface area (Å²) in [5, 5.41) is 6.63. The van der Waals surface area contributed by atoms with E-state index in [2.05, 4.69) is 25.0 Å². The van der Waals surface area contributed by atoms with Gasteiger partial charge < -0.3 is 14.7 Å². The molecule has 3 aromatic rings. The SMILES string of the molecule is Cc1nc(N[C@H]2CCN(C(=O)Cc3ccc(F)cc3)C2)ccc1-c1noc(C(F)(F)F)n1. The van der Waals surface area contributed by atoms with Crippen molar-refractivity contribution in [3.63, 3.8) is 0 Å². The predicted octanol–water partition coefficient (Wildman–Crippen LogP) is 3.85. The topological polar surface area (TPSA) is 84.2 Å². The van der Waals surface area contributed by atoms with Gasteiger partial charge in [0, 0.05) is 24.7 Å². The van der Waals surface area contributed by atoms with Crippen LogP contribution in [0.15, 0.2) is 40.9 Å². The normalized spacial score (nSPS) is 16.4. The van der Waals surface area contributed by atoms with Crippen molar-refractivity contribution < 1.29 is 26.9 Å². The predicted molar refractivity (Wildman–Crippen MR) is 106 cm³/mol. The number of hydrogen-bond acceptors (Lipinski definition) is 6. The van der Waals surface area contributed by atoms with Crippen LogP contribution in [-0.4, -0.2) is 45.1 Å². The Balaban J connectivity index is 1.36. The number of benzene rings is 1. The summed E-state index contributed by atoms with van der Waals surface area (Å²) in [6.45, 7) is 2.71. The maximum Gasteiger partial charge on any atom is 0.471 e. The molecule has 168 valence electrons. The van der Waals surface area contributed by atoms with Gasteiger partial charge in [-0.05, 0) is 43.2 Å². The molecule has 1 amide bonds. The molecule has 0 radical (unpaired) electrons. The van der Waals surface area contributed by atoms with E-state index < -0.39 is 12.1 Å². The first kappa shape index (κ1) is 21.7. The van der Waals surface area contributed by atoms with E-state index in [0.717, 1.165) is 12.0 Å². The third-order valence-electron chi connectivity index (χ3n) is 5.16. The van der Waals surface area contributed by atoms with E-state index in [0.29, 0.717) is 30.2 Å². The molecule has 0 unspecified atom stereocenters. The van der Waals surface area contributed by atoms with Gasteiger partial charge in [-0.15, -0.1) is 0 Å². The summed E-state index contributed by atoms with van der Waals surface area (Å²) in [4.78, 5) is 22.0. The van der Waals surface area contributed by atoms with E-state index in [4.69, 9.17) is 0 Å². The number of pyridine rings is 1. The molecule has 1 atom stereocenters. The molecule has 1 N–H and O–H groups in total. The maximum absolute atomic E-state index is 13.0. The molecule has 11 heteroatoms. The molecule has 4 rings (SSSR count). The van der Waals surface area contributed by atoms with Crippen molar-refractivity contribution in [2.45, 2.75) is 32.0 Å². The summed E-state index contributed by atoms with van der Waals surface area (Å²) in [5.74, 6) is -1.46. The molecule has 1 aromatic carbocycles. The van der Waals surface area contributed by atoms with Gasteiger partial charge in [0.2, 0.25) is 11.7 Å². The number of hydrogen-bond donors (Lipinski definition) is 1. The van der Waals surface area contributed by atoms with E-state index in [9.17, 15) is 22.4 Å². The Morgan fingerprint density at radius 3 is 2.59 bits per heavy atom. The van der Waals surface area contributed by atoms with Gasteiger partial charge in [0.1, 0.15) is 11.6 Å². The van der Waals surface area contributed by atoms with Crippen LogP contribution < -0.4 is 5.32 Å². The number of alkyl halides is 3. The lowest BCUT2D eigenvalue weighted by atomic mass is 10.1. The molecule has 1 saturated heterocycles. The average molecular weight is 449 g/mol. The Kier molecular flexibility index (Phi) is 5.81. The van der Waals surface area contributed by atoms with Gasteiger partial charge in [0.05, 0.1) is 12.1 Å². The number of likely N-dealkylation sites (tertiary alicyclic amines) is 1. The molecule has 32 heavy (non-hydrogen) atoms. The molecule has 3 heterocycles. The summed E-state index contributed by atoms with van der Waals surface area (Å²) in [6, 6.07) is 9.01. The monoisotopic (exact) mass is 449 g/mol. The van der Waals surface area contributed by atoms with Gasteiger partial charge in [-0.25, -0.2) is 9.37 Å². The van der Waals surface area contributed by atoms with Crippen LogP contribution in [0.1, 0.15) is 23.6 Å². The van der Waals surface area contributed by atoms with Gasteiger partial charge in [0.25, 0.3) is 0 Å². The molecule has 0 spiro atoms. The number of rotatable bonds is 5. The van der Waals surface area contributed by atoms with Crippen molar-refractivity contribution in [2.75, 3.05) is 18.4 Å². The van der Waals surface area contributed by atoms with Gasteiger partial charge >= 0.3 is 12.1 Å². The van der Waals surface area contributed by atoms with Crippen LogP contribution in [0.4, 0.5) is 23.4 Å². The first-order valence-corrected chi connectivity index (χ1v) is 9.87. The standard InChI is InChI=1S/C21H19F4N5O2/c1-12-16(19-28-20(32-29-19)21(23,24)25)6-7-17(26-12)27-15-8-9-30(11-15)18(31)10-13-2-4-14(22)5-3-13/h2-7,15H,8-11H2,1H3,(H,26,27)/t15-/m0/s1. The summed E-state index contributed by atoms with van der Waals surface area (Å²) >= 11 is 0. The second-order valence-electron chi connectivity index (χ2n) is 7.52. The summed E-state index contributed by atoms with van der Waals surface area (Å²) in [7, 11) is 0. The molecular weight excluding hydrogens is 430 g/mol. The van der Waals surface area contributed by atoms with Crippen LogP contribution in [-0.2, 0) is 17.4 Å². The van der Waals surface area contributed by atoms with Gasteiger partial charge in [0.15, 0.2) is 0 Å². The van der Waals surface area contributed by atoms with E-state index in [1.165, 1.54) is 12.1 Å². The molecule has 1 aliphatic heterocycles. The molecule has 2 aromatic heterocycles. The minimum absolute atomic E-state index is 0.0214. The van der Waals surface area contributed by atoms with Crippen molar-refractivity contribution in [2.24, 2.45) is 0 Å². The quantitative estimate of drug-likeness (QED) is 0.596. The van der Waals surface area contributed by atoms with Crippen molar-refractivity contribution in [1.82, 2.24) is 20.0 Å². The molecule has 0 bridgehead atoms. The summed E-state index contributed by atoms with van der Waals surface area (Å²) in [6.07, 6.45) is -3.79. The molecular formula is C21H19F4N5O2. The Labute approximate surface area is 180 Å². The van der Waals surface area contributed by atoms with Crippen LogP contribution in [0, 0.1) is 12.7 Å². The van der Waals surface area contributed by atoms with Crippen molar-refractivity contribution in [3.05, 3.63) is 59.4 Å². The Morgan fingerprint density at radius 2 is 1.94 bits per heavy atom. The number of halogens is 4. The summed E-state index contributed by atoms with van der Waals surface area (Å²) < 4.78 is 55.3. The zero-order valence-electron chi connectivity index (χ0n) is 17.0. The largest absolute Gasteiger partial charge is 0.471 e. The molecule has 1 aliphatic rings. The Bertz CT molecular complexity index is 1110. The van der Waals surface area contributed by atoms with E-state index in [-0.39, 0.29) is 30.0 Å². The number of anilines is 1. The molecule has 1 fully saturated rings. The number of nitrogens with zero attached hydrogens (tertiary/aromatic N) is 4. The lowest BCUT2D eigenvalue weighted by Gasteiger charge is -2.18. The minimum Gasteiger partial charge on any atom is -0.365 e. The van der Waals surface area contributed by atoms with Gasteiger partial charge in [-0.2, -0.15) is 18.2 Å². The first-order valence-electron chi connectivity index (χ1n) is 9.87. The molecule has 0 aliphatic carbocycles. The highest BCUT2D eigenvalue weighted by Crippen LogP contribution is 2.30. The van der Waals surface area contributed by atoms with Gasteiger partial charge in [-0.3, -0.25) is 4.79 Å². The fourth-order valence-corrected chi connectivity index (χ4v) is 3.53. The van der Waals surface area contributed by atoms with Crippen LogP contribution in [0.3, 0.4) is 0 Å². The number of amides is 1. The Morgan fingerprint density at radius 1 is 1.19 bits per heavy atom. The average Bonchev–Trinajstić information content (AvgIpc) is 3.40. The van der Waals surface area contributed by atoms with Gasteiger partial charge in [-0.1, -0.05) is 17.3 Å². The fraction of sp³-hybridized carbons (Fsp3) is 0.333. The minimum atomic E-state index is -4.71. The smallest absolute Gasteiger partial charge is 0.365 e. The molecule has 0 saturated carbocycles. The Hall–Kier alpha value is -3.50. The number of carbonyl (C=O) groups excluding carboxylic acids is 1. The number of nitrogens with one attached hydrogen (secondary N) is 1. The third kappa shape index (κ3) is 4.87. The summed E-state index contributed by atoms with van der Waals surface area (Å²) in [5.41, 5.74) is 1.51. The van der Waals surface area contributed by atoms with Crippen LogP contribution >= 0.6 is 0 Å². The zero-order valence-corrected chi connectivity index (χ0v) is 17.0. The second-order valence-corrected chi connectivity index (χ2v) is 7.52. The highest BCUT2D eigenvalue weighted by Gasteiger charge is 2.38. The number of carbonyl (C=O) groups is 1.